The first-order valence-corrected chi connectivity index (χ1v) is 5.18. The van der Waals surface area contributed by atoms with Gasteiger partial charge in [-0.3, -0.25) is 0 Å². The molecule has 1 heterocycles. The highest BCUT2D eigenvalue weighted by atomic mass is 19.1. The Hall–Kier alpha value is -1.89. The summed E-state index contributed by atoms with van der Waals surface area (Å²) in [4.78, 5) is 10.3. The van der Waals surface area contributed by atoms with Crippen LogP contribution in [0.4, 0.5) is 10.1 Å². The molecule has 0 aliphatic carbocycles. The molecule has 0 fully saturated rings. The molecule has 16 heavy (non-hydrogen) atoms. The van der Waals surface area contributed by atoms with Crippen LogP contribution in [0.5, 0.6) is 0 Å². The van der Waals surface area contributed by atoms with Crippen molar-refractivity contribution in [2.45, 2.75) is 18.8 Å². The second-order valence-corrected chi connectivity index (χ2v) is 3.82. The van der Waals surface area contributed by atoms with E-state index in [1.165, 1.54) is 12.1 Å². The van der Waals surface area contributed by atoms with E-state index in [4.69, 9.17) is 5.26 Å². The van der Waals surface area contributed by atoms with Crippen LogP contribution in [-0.2, 0) is 4.79 Å². The molecule has 1 unspecified atom stereocenters. The minimum absolute atomic E-state index is 0.00602. The van der Waals surface area contributed by atoms with Crippen molar-refractivity contribution in [2.24, 2.45) is 0 Å². The maximum absolute atomic E-state index is 13.6. The number of benzene rings is 1. The zero-order valence-corrected chi connectivity index (χ0v) is 8.66. The standard InChI is InChI=1S/C12H11FN2O/c13-10-4-3-8(6-14)12-11(10)9(7-15-12)2-1-5-16/h3-5,9,15H,1-2,7H2. The summed E-state index contributed by atoms with van der Waals surface area (Å²) in [6.45, 7) is 0.596. The highest BCUT2D eigenvalue weighted by Gasteiger charge is 2.27. The molecule has 0 saturated heterocycles. The summed E-state index contributed by atoms with van der Waals surface area (Å²) in [5, 5.41) is 11.9. The summed E-state index contributed by atoms with van der Waals surface area (Å²) in [6.07, 6.45) is 1.88. The molecule has 1 aliphatic rings. The van der Waals surface area contributed by atoms with E-state index < -0.39 is 0 Å². The van der Waals surface area contributed by atoms with Gasteiger partial charge in [-0.2, -0.15) is 5.26 Å². The van der Waals surface area contributed by atoms with Gasteiger partial charge in [-0.25, -0.2) is 4.39 Å². The van der Waals surface area contributed by atoms with E-state index in [1.54, 1.807) is 0 Å². The van der Waals surface area contributed by atoms with E-state index in [2.05, 4.69) is 5.32 Å². The lowest BCUT2D eigenvalue weighted by molar-refractivity contribution is -0.108. The largest absolute Gasteiger partial charge is 0.383 e. The summed E-state index contributed by atoms with van der Waals surface area (Å²) < 4.78 is 13.6. The third-order valence-corrected chi connectivity index (χ3v) is 2.88. The van der Waals surface area contributed by atoms with E-state index >= 15 is 0 Å². The Labute approximate surface area is 92.9 Å². The van der Waals surface area contributed by atoms with Crippen molar-refractivity contribution >= 4 is 12.0 Å². The first kappa shape index (κ1) is 10.6. The Bertz CT molecular complexity index is 465. The molecular formula is C12H11FN2O. The van der Waals surface area contributed by atoms with Crippen molar-refractivity contribution in [2.75, 3.05) is 11.9 Å². The Morgan fingerprint density at radius 3 is 3.12 bits per heavy atom. The number of halogens is 1. The van der Waals surface area contributed by atoms with Crippen LogP contribution in [0.25, 0.3) is 0 Å². The molecule has 0 spiro atoms. The van der Waals surface area contributed by atoms with Crippen LogP contribution in [0.1, 0.15) is 29.9 Å². The quantitative estimate of drug-likeness (QED) is 0.791. The van der Waals surface area contributed by atoms with Crippen molar-refractivity contribution in [3.05, 3.63) is 29.1 Å². The van der Waals surface area contributed by atoms with Crippen molar-refractivity contribution in [1.82, 2.24) is 0 Å². The van der Waals surface area contributed by atoms with E-state index in [1.807, 2.05) is 6.07 Å². The van der Waals surface area contributed by atoms with E-state index in [-0.39, 0.29) is 11.7 Å². The van der Waals surface area contributed by atoms with Gasteiger partial charge in [0.1, 0.15) is 18.2 Å². The smallest absolute Gasteiger partial charge is 0.128 e. The van der Waals surface area contributed by atoms with Gasteiger partial charge in [0.15, 0.2) is 0 Å². The Morgan fingerprint density at radius 2 is 2.44 bits per heavy atom. The fourth-order valence-corrected chi connectivity index (χ4v) is 2.12. The maximum Gasteiger partial charge on any atom is 0.128 e. The van der Waals surface area contributed by atoms with Gasteiger partial charge >= 0.3 is 0 Å². The first-order valence-electron chi connectivity index (χ1n) is 5.18. The normalized spacial score (nSPS) is 17.4. The lowest BCUT2D eigenvalue weighted by Crippen LogP contribution is -2.03. The lowest BCUT2D eigenvalue weighted by atomic mass is 9.94. The summed E-state index contributed by atoms with van der Waals surface area (Å²) in [5.41, 5.74) is 1.62. The topological polar surface area (TPSA) is 52.9 Å². The highest BCUT2D eigenvalue weighted by molar-refractivity contribution is 5.67. The number of anilines is 1. The summed E-state index contributed by atoms with van der Waals surface area (Å²) >= 11 is 0. The SMILES string of the molecule is N#Cc1ccc(F)c2c1NCC2CCC=O. The van der Waals surface area contributed by atoms with Gasteiger partial charge in [-0.15, -0.1) is 0 Å². The molecule has 0 saturated carbocycles. The number of nitrogens with one attached hydrogen (secondary N) is 1. The second-order valence-electron chi connectivity index (χ2n) is 3.82. The number of rotatable bonds is 3. The van der Waals surface area contributed by atoms with E-state index in [0.29, 0.717) is 36.2 Å². The lowest BCUT2D eigenvalue weighted by Gasteiger charge is -2.08. The molecule has 1 atom stereocenters. The molecule has 82 valence electrons. The fourth-order valence-electron chi connectivity index (χ4n) is 2.12. The molecule has 0 amide bonds. The van der Waals surface area contributed by atoms with Gasteiger partial charge in [-0.05, 0) is 18.6 Å². The van der Waals surface area contributed by atoms with Gasteiger partial charge < -0.3 is 10.1 Å². The van der Waals surface area contributed by atoms with Gasteiger partial charge in [0.25, 0.3) is 0 Å². The van der Waals surface area contributed by atoms with Gasteiger partial charge in [0.05, 0.1) is 11.3 Å². The van der Waals surface area contributed by atoms with Crippen molar-refractivity contribution in [3.8, 4) is 6.07 Å². The number of nitrogens with zero attached hydrogens (tertiary/aromatic N) is 1. The molecule has 0 aromatic heterocycles. The van der Waals surface area contributed by atoms with Crippen LogP contribution in [0.3, 0.4) is 0 Å². The van der Waals surface area contributed by atoms with Gasteiger partial charge in [0, 0.05) is 24.4 Å². The molecule has 3 nitrogen and oxygen atoms in total. The van der Waals surface area contributed by atoms with Crippen LogP contribution in [0, 0.1) is 17.1 Å². The second kappa shape index (κ2) is 4.31. The number of hydrogen-bond acceptors (Lipinski definition) is 3. The minimum Gasteiger partial charge on any atom is -0.383 e. The van der Waals surface area contributed by atoms with Crippen molar-refractivity contribution in [3.63, 3.8) is 0 Å². The van der Waals surface area contributed by atoms with Crippen LogP contribution in [0.2, 0.25) is 0 Å². The molecule has 0 radical (unpaired) electrons. The van der Waals surface area contributed by atoms with E-state index in [0.717, 1.165) is 6.29 Å². The summed E-state index contributed by atoms with van der Waals surface area (Å²) in [5.74, 6) is -0.302. The molecule has 1 aromatic rings. The average Bonchev–Trinajstić information content (AvgIpc) is 2.72. The molecule has 0 bridgehead atoms. The van der Waals surface area contributed by atoms with Crippen LogP contribution in [0.15, 0.2) is 12.1 Å². The zero-order chi connectivity index (χ0) is 11.5. The van der Waals surface area contributed by atoms with Crippen molar-refractivity contribution < 1.29 is 9.18 Å². The van der Waals surface area contributed by atoms with Gasteiger partial charge in [0.2, 0.25) is 0 Å². The Balaban J connectivity index is 2.38. The molecule has 1 aliphatic heterocycles. The summed E-state index contributed by atoms with van der Waals surface area (Å²) in [7, 11) is 0. The number of carbonyl (C=O) groups is 1. The molecule has 4 heteroatoms. The number of fused-ring (bicyclic) bond motifs is 1. The predicted octanol–water partition coefficient (Wildman–Crippen LogP) is 2.19. The molecule has 1 N–H and O–H groups in total. The third-order valence-electron chi connectivity index (χ3n) is 2.88. The van der Waals surface area contributed by atoms with Crippen LogP contribution >= 0.6 is 0 Å². The van der Waals surface area contributed by atoms with Crippen molar-refractivity contribution in [1.29, 1.82) is 5.26 Å². The Morgan fingerprint density at radius 1 is 1.62 bits per heavy atom. The van der Waals surface area contributed by atoms with Gasteiger partial charge in [-0.1, -0.05) is 0 Å². The summed E-state index contributed by atoms with van der Waals surface area (Å²) in [6, 6.07) is 4.83. The number of aldehydes is 1. The molecule has 2 rings (SSSR count). The Kier molecular flexibility index (Phi) is 2.86. The minimum atomic E-state index is -0.296. The monoisotopic (exact) mass is 218 g/mol. The fraction of sp³-hybridized carbons (Fsp3) is 0.333. The average molecular weight is 218 g/mol. The van der Waals surface area contributed by atoms with E-state index in [9.17, 15) is 9.18 Å². The number of hydrogen-bond donors (Lipinski definition) is 1. The maximum atomic E-state index is 13.6. The van der Waals surface area contributed by atoms with Crippen LogP contribution in [-0.4, -0.2) is 12.8 Å². The zero-order valence-electron chi connectivity index (χ0n) is 8.66. The predicted molar refractivity (Wildman–Crippen MR) is 57.6 cm³/mol. The number of carbonyl (C=O) groups excluding carboxylic acids is 1. The number of nitriles is 1. The van der Waals surface area contributed by atoms with Crippen LogP contribution < -0.4 is 5.32 Å². The first-order chi connectivity index (χ1) is 7.77. The highest BCUT2D eigenvalue weighted by Crippen LogP contribution is 2.38. The molecular weight excluding hydrogens is 207 g/mol. The molecule has 1 aromatic carbocycles. The third kappa shape index (κ3) is 1.65.